The molecule has 1 heterocycles. The van der Waals surface area contributed by atoms with E-state index in [4.69, 9.17) is 21.6 Å². The van der Waals surface area contributed by atoms with Gasteiger partial charge in [0.1, 0.15) is 4.90 Å². The van der Waals surface area contributed by atoms with Gasteiger partial charge in [-0.2, -0.15) is 13.7 Å². The second-order valence-corrected chi connectivity index (χ2v) is 12.0. The average molecular weight is 566 g/mol. The van der Waals surface area contributed by atoms with Gasteiger partial charge < -0.3 is 4.74 Å². The maximum Gasteiger partial charge on any atom is 0.451 e. The SMILES string of the molecule is CCOC(=O)C1=C(c2cc(C)cc(/C=C/C#N)c2C)c2cc(Cl)ccc2[N+]1(P=O)S(=O)(=O)c1ccccc1. The molecule has 1 aliphatic rings. The molecule has 1 atom stereocenters. The van der Waals surface area contributed by atoms with Gasteiger partial charge in [-0.25, -0.2) is 9.36 Å². The number of fused-ring (bicyclic) bond motifs is 1. The summed E-state index contributed by atoms with van der Waals surface area (Å²) in [6, 6.07) is 17.7. The highest BCUT2D eigenvalue weighted by molar-refractivity contribution is 7.94. The Labute approximate surface area is 228 Å². The number of esters is 1. The molecule has 0 bridgehead atoms. The summed E-state index contributed by atoms with van der Waals surface area (Å²) in [4.78, 5) is 13.6. The third kappa shape index (κ3) is 4.28. The molecule has 0 aromatic heterocycles. The molecule has 0 fully saturated rings. The van der Waals surface area contributed by atoms with Crippen LogP contribution in [0, 0.1) is 25.2 Å². The van der Waals surface area contributed by atoms with Gasteiger partial charge in [-0.15, -0.1) is 0 Å². The van der Waals surface area contributed by atoms with Crippen molar-refractivity contribution in [3.8, 4) is 6.07 Å². The Bertz CT molecular complexity index is 1680. The maximum absolute atomic E-state index is 14.3. The van der Waals surface area contributed by atoms with Gasteiger partial charge in [-0.05, 0) is 73.4 Å². The van der Waals surface area contributed by atoms with Crippen molar-refractivity contribution in [2.45, 2.75) is 25.7 Å². The van der Waals surface area contributed by atoms with E-state index >= 15 is 0 Å². The highest BCUT2D eigenvalue weighted by Crippen LogP contribution is 2.57. The minimum atomic E-state index is -4.52. The standard InChI is InChI=1S/C28H23ClN2O5PS/c1-4-36-28(32)27-26(23-16-18(2)15-20(19(23)3)9-8-14-30)24-17-21(29)12-13-25(24)31(27,37-33)38(34,35)22-10-6-5-7-11-22/h5-13,15-17H,4H2,1-3H3/q+1/b9-8+. The number of rotatable bonds is 7. The Morgan fingerprint density at radius 3 is 2.45 bits per heavy atom. The lowest BCUT2D eigenvalue weighted by molar-refractivity contribution is -0.139. The Morgan fingerprint density at radius 2 is 1.82 bits per heavy atom. The molecule has 10 heteroatoms. The molecule has 1 aliphatic heterocycles. The number of halogens is 1. The molecule has 7 nitrogen and oxygen atoms in total. The second-order valence-electron chi connectivity index (χ2n) is 8.54. The fourth-order valence-electron chi connectivity index (χ4n) is 4.64. The number of hydrogen-bond donors (Lipinski definition) is 0. The number of quaternary nitrogens is 1. The molecule has 0 spiro atoms. The summed E-state index contributed by atoms with van der Waals surface area (Å²) in [6.45, 7) is 5.23. The molecule has 0 saturated heterocycles. The molecule has 3 aromatic rings. The number of ether oxygens (including phenoxy) is 1. The van der Waals surface area contributed by atoms with Crippen molar-refractivity contribution in [1.29, 1.82) is 5.26 Å². The van der Waals surface area contributed by atoms with Gasteiger partial charge in [0.25, 0.3) is 5.70 Å². The lowest BCUT2D eigenvalue weighted by Crippen LogP contribution is -2.45. The van der Waals surface area contributed by atoms with Gasteiger partial charge in [0.15, 0.2) is 5.69 Å². The van der Waals surface area contributed by atoms with Gasteiger partial charge >= 0.3 is 24.6 Å². The quantitative estimate of drug-likeness (QED) is 0.179. The van der Waals surface area contributed by atoms with Gasteiger partial charge in [0.2, 0.25) is 0 Å². The number of hydrogen-bond acceptors (Lipinski definition) is 6. The first-order valence-electron chi connectivity index (χ1n) is 11.6. The van der Waals surface area contributed by atoms with E-state index in [9.17, 15) is 17.8 Å². The molecule has 1 unspecified atom stereocenters. The molecule has 0 amide bonds. The van der Waals surface area contributed by atoms with Crippen LogP contribution in [0.25, 0.3) is 11.6 Å². The van der Waals surface area contributed by atoms with E-state index in [0.717, 1.165) is 5.56 Å². The van der Waals surface area contributed by atoms with E-state index in [1.807, 2.05) is 25.1 Å². The molecule has 192 valence electrons. The zero-order valence-corrected chi connectivity index (χ0v) is 23.3. The van der Waals surface area contributed by atoms with Crippen molar-refractivity contribution in [1.82, 2.24) is 3.66 Å². The van der Waals surface area contributed by atoms with E-state index in [-0.39, 0.29) is 28.5 Å². The van der Waals surface area contributed by atoms with Crippen LogP contribution in [0.4, 0.5) is 5.69 Å². The number of nitriles is 1. The lowest BCUT2D eigenvalue weighted by atomic mass is 9.89. The third-order valence-electron chi connectivity index (χ3n) is 6.27. The monoisotopic (exact) mass is 565 g/mol. The van der Waals surface area contributed by atoms with Crippen molar-refractivity contribution < 1.29 is 22.5 Å². The van der Waals surface area contributed by atoms with Crippen molar-refractivity contribution in [3.05, 3.63) is 105 Å². The molecule has 0 aliphatic carbocycles. The zero-order chi connectivity index (χ0) is 27.7. The molecule has 0 N–H and O–H groups in total. The zero-order valence-electron chi connectivity index (χ0n) is 20.8. The highest BCUT2D eigenvalue weighted by atomic mass is 35.5. The van der Waals surface area contributed by atoms with Crippen LogP contribution in [0.5, 0.6) is 0 Å². The number of carbonyl (C=O) groups excluding carboxylic acids is 1. The van der Waals surface area contributed by atoms with Crippen LogP contribution in [0.15, 0.2) is 77.3 Å². The summed E-state index contributed by atoms with van der Waals surface area (Å²) in [7, 11) is -5.41. The Hall–Kier alpha value is -3.60. The van der Waals surface area contributed by atoms with E-state index < -0.39 is 28.3 Å². The summed E-state index contributed by atoms with van der Waals surface area (Å²) in [5, 5.41) is 9.38. The smallest absolute Gasteiger partial charge is 0.451 e. The van der Waals surface area contributed by atoms with Crippen LogP contribution >= 0.6 is 20.2 Å². The number of nitrogens with zero attached hydrogens (tertiary/aromatic N) is 2. The molecule has 4 rings (SSSR count). The van der Waals surface area contributed by atoms with Crippen LogP contribution in [0.3, 0.4) is 0 Å². The first-order valence-corrected chi connectivity index (χ1v) is 14.2. The van der Waals surface area contributed by atoms with E-state index in [1.165, 1.54) is 30.3 Å². The topological polar surface area (TPSA) is 101 Å². The third-order valence-corrected chi connectivity index (χ3v) is 9.93. The van der Waals surface area contributed by atoms with Gasteiger partial charge in [-0.3, -0.25) is 0 Å². The number of benzene rings is 3. The summed E-state index contributed by atoms with van der Waals surface area (Å²) in [5.41, 5.74) is 3.10. The fourth-order valence-corrected chi connectivity index (χ4v) is 7.60. The molecule has 3 aromatic carbocycles. The largest absolute Gasteiger partial charge is 0.458 e. The summed E-state index contributed by atoms with van der Waals surface area (Å²) < 4.78 is 45.9. The minimum absolute atomic E-state index is 0.0310. The van der Waals surface area contributed by atoms with Gasteiger partial charge in [0.05, 0.1) is 23.8 Å². The molecular weight excluding hydrogens is 543 g/mol. The van der Waals surface area contributed by atoms with Crippen molar-refractivity contribution in [2.75, 3.05) is 6.61 Å². The maximum atomic E-state index is 14.3. The van der Waals surface area contributed by atoms with E-state index in [1.54, 1.807) is 44.2 Å². The minimum Gasteiger partial charge on any atom is -0.458 e. The summed E-state index contributed by atoms with van der Waals surface area (Å²) >= 11 is 6.38. The number of aryl methyl sites for hydroxylation is 1. The predicted octanol–water partition coefficient (Wildman–Crippen LogP) is 6.73. The lowest BCUT2D eigenvalue weighted by Gasteiger charge is -2.26. The summed E-state index contributed by atoms with van der Waals surface area (Å²) in [5.74, 6) is -0.923. The second kappa shape index (κ2) is 10.6. The van der Waals surface area contributed by atoms with Crippen LogP contribution in [-0.4, -0.2) is 21.0 Å². The van der Waals surface area contributed by atoms with Gasteiger partial charge in [0, 0.05) is 17.2 Å². The summed E-state index contributed by atoms with van der Waals surface area (Å²) in [6.07, 6.45) is 2.97. The fraction of sp³-hybridized carbons (Fsp3) is 0.143. The number of carbonyl (C=O) groups is 1. The van der Waals surface area contributed by atoms with Gasteiger partial charge in [-0.1, -0.05) is 45.6 Å². The van der Waals surface area contributed by atoms with E-state index in [0.29, 0.717) is 27.3 Å². The molecule has 0 radical (unpaired) electrons. The first-order chi connectivity index (χ1) is 18.1. The van der Waals surface area contributed by atoms with E-state index in [2.05, 4.69) is 0 Å². The van der Waals surface area contributed by atoms with Crippen molar-refractivity contribution in [3.63, 3.8) is 0 Å². The van der Waals surface area contributed by atoms with Crippen molar-refractivity contribution >= 4 is 53.5 Å². The van der Waals surface area contributed by atoms with Crippen LogP contribution in [0.2, 0.25) is 5.02 Å². The van der Waals surface area contributed by atoms with Crippen LogP contribution in [-0.2, 0) is 24.1 Å². The highest BCUT2D eigenvalue weighted by Gasteiger charge is 2.61. The number of sulfonamides is 1. The first kappa shape index (κ1) is 27.4. The Kier molecular flexibility index (Phi) is 7.68. The Morgan fingerprint density at radius 1 is 1.11 bits per heavy atom. The normalized spacial score (nSPS) is 17.0. The van der Waals surface area contributed by atoms with Crippen LogP contribution in [0.1, 0.15) is 34.7 Å². The molecular formula is C28H23ClN2O5PS+. The predicted molar refractivity (Wildman–Crippen MR) is 148 cm³/mol. The van der Waals surface area contributed by atoms with Crippen molar-refractivity contribution in [2.24, 2.45) is 0 Å². The average Bonchev–Trinajstić information content (AvgIpc) is 3.20. The van der Waals surface area contributed by atoms with Crippen LogP contribution < -0.4 is 3.66 Å². The molecule has 0 saturated carbocycles. The number of allylic oxidation sites excluding steroid dienone is 1. The molecule has 38 heavy (non-hydrogen) atoms. The Balaban J connectivity index is 2.24.